The summed E-state index contributed by atoms with van der Waals surface area (Å²) in [4.78, 5) is 2.56. The van der Waals surface area contributed by atoms with Gasteiger partial charge >= 0.3 is 0 Å². The van der Waals surface area contributed by atoms with Crippen LogP contribution in [0.25, 0.3) is 0 Å². The van der Waals surface area contributed by atoms with Crippen molar-refractivity contribution in [3.05, 3.63) is 23.0 Å². The lowest BCUT2D eigenvalue weighted by Gasteiger charge is -2.26. The van der Waals surface area contributed by atoms with Gasteiger partial charge in [-0.25, -0.2) is 0 Å². The van der Waals surface area contributed by atoms with Gasteiger partial charge < -0.3 is 15.4 Å². The van der Waals surface area contributed by atoms with Gasteiger partial charge in [-0.15, -0.1) is 0 Å². The van der Waals surface area contributed by atoms with Crippen LogP contribution >= 0.6 is 0 Å². The minimum Gasteiger partial charge on any atom is -0.402 e. The van der Waals surface area contributed by atoms with Crippen molar-refractivity contribution in [2.45, 2.75) is 66.7 Å². The third kappa shape index (κ3) is 6.99. The van der Waals surface area contributed by atoms with Crippen LogP contribution in [0.15, 0.2) is 23.0 Å². The molecule has 0 bridgehead atoms. The maximum absolute atomic E-state index is 5.97. The fourth-order valence-corrected chi connectivity index (χ4v) is 3.46. The van der Waals surface area contributed by atoms with Gasteiger partial charge in [0.15, 0.2) is 0 Å². The normalized spacial score (nSPS) is 24.4. The van der Waals surface area contributed by atoms with Crippen LogP contribution in [0.3, 0.4) is 0 Å². The number of likely N-dealkylation sites (tertiary alicyclic amines) is 1. The van der Waals surface area contributed by atoms with Crippen molar-refractivity contribution in [2.75, 3.05) is 26.3 Å². The summed E-state index contributed by atoms with van der Waals surface area (Å²) in [5, 5.41) is 0. The highest BCUT2D eigenvalue weighted by Gasteiger charge is 2.24. The molecule has 23 heavy (non-hydrogen) atoms. The predicted octanol–water partition coefficient (Wildman–Crippen LogP) is 4.70. The van der Waals surface area contributed by atoms with Gasteiger partial charge in [0.2, 0.25) is 0 Å². The number of hydrogen-bond acceptors (Lipinski definition) is 3. The Balaban J connectivity index is 2.69. The van der Waals surface area contributed by atoms with Gasteiger partial charge in [0.25, 0.3) is 0 Å². The van der Waals surface area contributed by atoms with E-state index in [1.54, 1.807) is 0 Å². The molecule has 3 nitrogen and oxygen atoms in total. The van der Waals surface area contributed by atoms with Crippen LogP contribution in [-0.2, 0) is 4.74 Å². The van der Waals surface area contributed by atoms with Crippen LogP contribution < -0.4 is 5.73 Å². The van der Waals surface area contributed by atoms with Gasteiger partial charge in [-0.1, -0.05) is 19.4 Å². The molecule has 1 aliphatic heterocycles. The zero-order chi connectivity index (χ0) is 17.2. The summed E-state index contributed by atoms with van der Waals surface area (Å²) in [6.45, 7) is 15.0. The number of rotatable bonds is 8. The molecule has 0 aromatic heterocycles. The Labute approximate surface area is 144 Å². The van der Waals surface area contributed by atoms with E-state index in [9.17, 15) is 0 Å². The molecule has 2 atom stereocenters. The molecule has 1 fully saturated rings. The van der Waals surface area contributed by atoms with E-state index in [0.29, 0.717) is 0 Å². The first-order chi connectivity index (χ1) is 11.0. The van der Waals surface area contributed by atoms with E-state index in [0.717, 1.165) is 50.3 Å². The van der Waals surface area contributed by atoms with E-state index in [1.807, 2.05) is 6.92 Å². The maximum atomic E-state index is 5.97. The summed E-state index contributed by atoms with van der Waals surface area (Å²) in [7, 11) is 0. The quantitative estimate of drug-likeness (QED) is 0.520. The third-order valence-electron chi connectivity index (χ3n) is 5.17. The molecule has 0 aliphatic carbocycles. The second-order valence-corrected chi connectivity index (χ2v) is 7.05. The molecule has 0 aromatic carbocycles. The first-order valence-corrected chi connectivity index (χ1v) is 9.45. The number of hydrogen-bond donors (Lipinski definition) is 1. The molecule has 1 saturated heterocycles. The van der Waals surface area contributed by atoms with E-state index in [-0.39, 0.29) is 0 Å². The van der Waals surface area contributed by atoms with Gasteiger partial charge in [-0.3, -0.25) is 0 Å². The summed E-state index contributed by atoms with van der Waals surface area (Å²) in [5.74, 6) is 1.62. The van der Waals surface area contributed by atoms with E-state index < -0.39 is 0 Å². The molecule has 1 aliphatic rings. The van der Waals surface area contributed by atoms with Gasteiger partial charge in [0, 0.05) is 37.7 Å². The number of nitrogens with two attached hydrogens (primary N) is 1. The van der Waals surface area contributed by atoms with Gasteiger partial charge in [-0.2, -0.15) is 0 Å². The number of allylic oxidation sites excluding steroid dienone is 3. The summed E-state index contributed by atoms with van der Waals surface area (Å²) in [5.41, 5.74) is 9.67. The highest BCUT2D eigenvalue weighted by atomic mass is 16.5. The van der Waals surface area contributed by atoms with Crippen molar-refractivity contribution in [1.29, 1.82) is 0 Å². The lowest BCUT2D eigenvalue weighted by Crippen LogP contribution is -2.25. The zero-order valence-electron chi connectivity index (χ0n) is 16.0. The molecule has 0 radical (unpaired) electrons. The minimum absolute atomic E-state index is 0.799. The molecule has 2 unspecified atom stereocenters. The van der Waals surface area contributed by atoms with E-state index in [4.69, 9.17) is 10.5 Å². The largest absolute Gasteiger partial charge is 0.402 e. The smallest absolute Gasteiger partial charge is 0.0465 e. The average Bonchev–Trinajstić information content (AvgIpc) is 2.70. The standard InChI is InChI=1S/C20H38N2O/c1-6-16(3)20(15-18(5)21)22-12-10-17(4)19(11-13-22)9-8-14-23-7-2/h15,17,19H,6-14,21H2,1-5H3/b18-15+,20-16-. The molecule has 134 valence electrons. The highest BCUT2D eigenvalue weighted by molar-refractivity contribution is 5.26. The van der Waals surface area contributed by atoms with Crippen LogP contribution in [0.5, 0.6) is 0 Å². The second kappa shape index (κ2) is 10.7. The van der Waals surface area contributed by atoms with E-state index in [2.05, 4.69) is 38.7 Å². The molecular formula is C20H38N2O. The Bertz CT molecular complexity index is 396. The van der Waals surface area contributed by atoms with Gasteiger partial charge in [0.1, 0.15) is 0 Å². The SMILES string of the molecule is CCOCCCC1CCN(C(/C=C(\C)N)=C(/C)CC)CCC1C. The van der Waals surface area contributed by atoms with E-state index in [1.165, 1.54) is 37.0 Å². The average molecular weight is 323 g/mol. The lowest BCUT2D eigenvalue weighted by molar-refractivity contribution is 0.135. The highest BCUT2D eigenvalue weighted by Crippen LogP contribution is 2.30. The Hall–Kier alpha value is -0.960. The zero-order valence-corrected chi connectivity index (χ0v) is 16.0. The fraction of sp³-hybridized carbons (Fsp3) is 0.800. The molecule has 0 aromatic rings. The minimum atomic E-state index is 0.799. The topological polar surface area (TPSA) is 38.5 Å². The Morgan fingerprint density at radius 2 is 1.91 bits per heavy atom. The molecule has 1 heterocycles. The monoisotopic (exact) mass is 322 g/mol. The van der Waals surface area contributed by atoms with Crippen molar-refractivity contribution < 1.29 is 4.74 Å². The molecule has 0 amide bonds. The van der Waals surface area contributed by atoms with Crippen LogP contribution in [0.1, 0.15) is 66.7 Å². The summed E-state index contributed by atoms with van der Waals surface area (Å²) < 4.78 is 5.50. The number of nitrogens with zero attached hydrogens (tertiary/aromatic N) is 1. The first-order valence-electron chi connectivity index (χ1n) is 9.45. The Morgan fingerprint density at radius 1 is 1.22 bits per heavy atom. The fourth-order valence-electron chi connectivity index (χ4n) is 3.46. The summed E-state index contributed by atoms with van der Waals surface area (Å²) in [6, 6.07) is 0. The van der Waals surface area contributed by atoms with Crippen molar-refractivity contribution in [3.63, 3.8) is 0 Å². The summed E-state index contributed by atoms with van der Waals surface area (Å²) >= 11 is 0. The van der Waals surface area contributed by atoms with Crippen molar-refractivity contribution in [1.82, 2.24) is 4.90 Å². The van der Waals surface area contributed by atoms with Crippen LogP contribution in [-0.4, -0.2) is 31.2 Å². The third-order valence-corrected chi connectivity index (χ3v) is 5.17. The van der Waals surface area contributed by atoms with Crippen molar-refractivity contribution in [3.8, 4) is 0 Å². The second-order valence-electron chi connectivity index (χ2n) is 7.05. The van der Waals surface area contributed by atoms with Crippen LogP contribution in [0.4, 0.5) is 0 Å². The van der Waals surface area contributed by atoms with Gasteiger partial charge in [0.05, 0.1) is 0 Å². The van der Waals surface area contributed by atoms with Crippen molar-refractivity contribution in [2.24, 2.45) is 17.6 Å². The van der Waals surface area contributed by atoms with Crippen LogP contribution in [0.2, 0.25) is 0 Å². The molecular weight excluding hydrogens is 284 g/mol. The molecule has 2 N–H and O–H groups in total. The Kier molecular flexibility index (Phi) is 9.39. The van der Waals surface area contributed by atoms with Crippen molar-refractivity contribution >= 4 is 0 Å². The van der Waals surface area contributed by atoms with Crippen LogP contribution in [0, 0.1) is 11.8 Å². The number of ether oxygens (including phenoxy) is 1. The Morgan fingerprint density at radius 3 is 2.52 bits per heavy atom. The predicted molar refractivity (Wildman–Crippen MR) is 100 cm³/mol. The maximum Gasteiger partial charge on any atom is 0.0465 e. The molecule has 0 spiro atoms. The molecule has 0 saturated carbocycles. The lowest BCUT2D eigenvalue weighted by atomic mass is 9.86. The summed E-state index contributed by atoms with van der Waals surface area (Å²) in [6.07, 6.45) is 8.30. The molecule has 1 rings (SSSR count). The first kappa shape index (κ1) is 20.1. The molecule has 3 heteroatoms. The van der Waals surface area contributed by atoms with E-state index >= 15 is 0 Å². The van der Waals surface area contributed by atoms with Gasteiger partial charge in [-0.05, 0) is 70.8 Å².